The zero-order valence-electron chi connectivity index (χ0n) is 39.0. The second-order valence-corrected chi connectivity index (χ2v) is 18.3. The van der Waals surface area contributed by atoms with Crippen molar-refractivity contribution in [2.24, 2.45) is 0 Å². The van der Waals surface area contributed by atoms with E-state index < -0.39 is 0 Å². The minimum absolute atomic E-state index is 0.588. The Morgan fingerprint density at radius 1 is 0.250 bits per heavy atom. The molecule has 0 saturated heterocycles. The van der Waals surface area contributed by atoms with Gasteiger partial charge in [-0.1, -0.05) is 194 Å². The highest BCUT2D eigenvalue weighted by Crippen LogP contribution is 2.46. The second kappa shape index (κ2) is 17.5. The number of rotatable bonds is 8. The maximum atomic E-state index is 10.1. The molecule has 0 fully saturated rings. The van der Waals surface area contributed by atoms with Gasteiger partial charge in [0.05, 0.1) is 51.0 Å². The van der Waals surface area contributed by atoms with Crippen molar-refractivity contribution in [2.45, 2.75) is 0 Å². The number of nitrogens with zero attached hydrogens (tertiary/aromatic N) is 4. The molecule has 0 aliphatic heterocycles. The van der Waals surface area contributed by atoms with E-state index in [1.54, 1.807) is 0 Å². The van der Waals surface area contributed by atoms with Gasteiger partial charge in [0.15, 0.2) is 0 Å². The van der Waals surface area contributed by atoms with E-state index in [2.05, 4.69) is 252 Å². The molecule has 4 nitrogen and oxygen atoms in total. The van der Waals surface area contributed by atoms with Crippen LogP contribution in [0.15, 0.2) is 255 Å². The Morgan fingerprint density at radius 3 is 0.819 bits per heavy atom. The van der Waals surface area contributed by atoms with Gasteiger partial charge in [-0.15, -0.1) is 0 Å². The minimum atomic E-state index is 0.588. The molecule has 13 aromatic rings. The monoisotopic (exact) mass is 914 g/mol. The zero-order chi connectivity index (χ0) is 48.1. The smallest absolute Gasteiger partial charge is 0.0991 e. The first-order valence-corrected chi connectivity index (χ1v) is 24.2. The molecule has 0 amide bonds. The average molecular weight is 915 g/mol. The van der Waals surface area contributed by atoms with Crippen molar-refractivity contribution >= 4 is 43.6 Å². The van der Waals surface area contributed by atoms with Crippen molar-refractivity contribution in [3.8, 4) is 90.3 Å². The van der Waals surface area contributed by atoms with Crippen LogP contribution < -0.4 is 0 Å². The summed E-state index contributed by atoms with van der Waals surface area (Å²) in [5.41, 5.74) is 20.3. The van der Waals surface area contributed by atoms with Crippen LogP contribution in [0.5, 0.6) is 0 Å². The lowest BCUT2D eigenvalue weighted by Gasteiger charge is -2.22. The first-order chi connectivity index (χ1) is 35.6. The summed E-state index contributed by atoms with van der Waals surface area (Å²) in [6.07, 6.45) is 0. The number of hydrogen-bond donors (Lipinski definition) is 0. The predicted molar refractivity (Wildman–Crippen MR) is 297 cm³/mol. The Balaban J connectivity index is 1.20. The van der Waals surface area contributed by atoms with Gasteiger partial charge in [-0.05, 0) is 116 Å². The summed E-state index contributed by atoms with van der Waals surface area (Å²) in [7, 11) is 0. The third-order valence-electron chi connectivity index (χ3n) is 14.2. The molecule has 0 atom stereocenters. The van der Waals surface area contributed by atoms with E-state index in [1.165, 1.54) is 0 Å². The fraction of sp³-hybridized carbons (Fsp3) is 0. The Kier molecular flexibility index (Phi) is 10.2. The van der Waals surface area contributed by atoms with Crippen molar-refractivity contribution < 1.29 is 0 Å². The van der Waals surface area contributed by atoms with Crippen molar-refractivity contribution in [1.29, 1.82) is 10.5 Å². The average Bonchev–Trinajstić information content (AvgIpc) is 3.96. The van der Waals surface area contributed by atoms with E-state index in [9.17, 15) is 10.5 Å². The summed E-state index contributed by atoms with van der Waals surface area (Å²) in [6.45, 7) is 0. The molecule has 4 heteroatoms. The SMILES string of the molecule is N#Cc1ccc(-c2cc(-n3c4cc(-c5ccccc5)ccc4c4ccc(-c5ccccc5)cc43)cc(-c3ccc(C#N)cc3)c2-n2c3cc(-c4ccccc4)ccc3c3ccc(-c4ccccc4)cc32)cc1. The lowest BCUT2D eigenvalue weighted by molar-refractivity contribution is 1.15. The van der Waals surface area contributed by atoms with Crippen LogP contribution in [0.4, 0.5) is 0 Å². The summed E-state index contributed by atoms with van der Waals surface area (Å²) >= 11 is 0. The molecule has 0 saturated carbocycles. The molecule has 72 heavy (non-hydrogen) atoms. The van der Waals surface area contributed by atoms with Crippen LogP contribution in [0.25, 0.3) is 122 Å². The summed E-state index contributed by atoms with van der Waals surface area (Å²) in [6, 6.07) is 95.0. The van der Waals surface area contributed by atoms with E-state index in [1.807, 2.05) is 24.3 Å². The molecule has 0 aliphatic carbocycles. The third-order valence-corrected chi connectivity index (χ3v) is 14.2. The van der Waals surface area contributed by atoms with E-state index in [4.69, 9.17) is 0 Å². The van der Waals surface area contributed by atoms with Gasteiger partial charge in [-0.25, -0.2) is 0 Å². The second-order valence-electron chi connectivity index (χ2n) is 18.3. The van der Waals surface area contributed by atoms with Crippen LogP contribution in [0.3, 0.4) is 0 Å². The van der Waals surface area contributed by atoms with Crippen molar-refractivity contribution in [2.75, 3.05) is 0 Å². The molecule has 334 valence electrons. The molecular weight excluding hydrogens is 873 g/mol. The summed E-state index contributed by atoms with van der Waals surface area (Å²) in [4.78, 5) is 0. The van der Waals surface area contributed by atoms with Gasteiger partial charge in [-0.3, -0.25) is 0 Å². The molecule has 11 aromatic carbocycles. The topological polar surface area (TPSA) is 57.4 Å². The standard InChI is InChI=1S/C68H42N4/c69-43-45-21-25-51(26-22-45)62-41-57(71-64-37-53(47-13-5-1-6-14-47)29-33-58(64)59-34-30-54(38-65(59)71)48-15-7-2-8-16-48)42-63(52-27-23-46(44-70)24-28-52)68(62)72-66-39-55(49-17-9-3-10-18-49)31-35-60(66)61-36-32-56(40-67(61)72)50-19-11-4-12-20-50/h1-42H. The van der Waals surface area contributed by atoms with Crippen LogP contribution in [-0.4, -0.2) is 9.13 Å². The van der Waals surface area contributed by atoms with Gasteiger partial charge in [0, 0.05) is 38.4 Å². The van der Waals surface area contributed by atoms with E-state index in [-0.39, 0.29) is 0 Å². The van der Waals surface area contributed by atoms with Gasteiger partial charge in [-0.2, -0.15) is 10.5 Å². The minimum Gasteiger partial charge on any atom is -0.309 e. The van der Waals surface area contributed by atoms with Crippen LogP contribution in [0.2, 0.25) is 0 Å². The first kappa shape index (κ1) is 42.1. The maximum Gasteiger partial charge on any atom is 0.0991 e. The molecule has 0 spiro atoms. The molecule has 0 N–H and O–H groups in total. The van der Waals surface area contributed by atoms with Crippen molar-refractivity contribution in [1.82, 2.24) is 9.13 Å². The molecule has 0 unspecified atom stereocenters. The summed E-state index contributed by atoms with van der Waals surface area (Å²) in [5.74, 6) is 0. The molecule has 2 heterocycles. The van der Waals surface area contributed by atoms with Crippen molar-refractivity contribution in [3.05, 3.63) is 266 Å². The molecule has 13 rings (SSSR count). The summed E-state index contributed by atoms with van der Waals surface area (Å²) in [5, 5.41) is 24.8. The largest absolute Gasteiger partial charge is 0.309 e. The quantitative estimate of drug-likeness (QED) is 0.152. The number of fused-ring (bicyclic) bond motifs is 6. The lowest BCUT2D eigenvalue weighted by Crippen LogP contribution is -2.04. The predicted octanol–water partition coefficient (Wildman–Crippen LogP) is 17.6. The van der Waals surface area contributed by atoms with Gasteiger partial charge in [0.1, 0.15) is 0 Å². The maximum absolute atomic E-state index is 10.1. The van der Waals surface area contributed by atoms with Gasteiger partial charge < -0.3 is 9.13 Å². The zero-order valence-corrected chi connectivity index (χ0v) is 39.0. The van der Waals surface area contributed by atoms with Crippen LogP contribution in [0, 0.1) is 22.7 Å². The Morgan fingerprint density at radius 2 is 0.528 bits per heavy atom. The number of hydrogen-bond acceptors (Lipinski definition) is 2. The van der Waals surface area contributed by atoms with Gasteiger partial charge in [0.2, 0.25) is 0 Å². The number of aromatic nitrogens is 2. The Labute approximate surface area is 417 Å². The van der Waals surface area contributed by atoms with Crippen LogP contribution in [-0.2, 0) is 0 Å². The molecule has 0 radical (unpaired) electrons. The molecular formula is C68H42N4. The molecule has 0 aliphatic rings. The molecule has 2 aromatic heterocycles. The molecule has 0 bridgehead atoms. The lowest BCUT2D eigenvalue weighted by atomic mass is 9.93. The van der Waals surface area contributed by atoms with Gasteiger partial charge >= 0.3 is 0 Å². The first-order valence-electron chi connectivity index (χ1n) is 24.2. The normalized spacial score (nSPS) is 11.3. The van der Waals surface area contributed by atoms with Crippen molar-refractivity contribution in [3.63, 3.8) is 0 Å². The van der Waals surface area contributed by atoms with E-state index >= 15 is 0 Å². The number of nitriles is 2. The number of benzene rings is 11. The third kappa shape index (κ3) is 7.23. The van der Waals surface area contributed by atoms with E-state index in [0.29, 0.717) is 11.1 Å². The highest BCUT2D eigenvalue weighted by molar-refractivity contribution is 6.14. The highest BCUT2D eigenvalue weighted by Gasteiger charge is 2.25. The van der Waals surface area contributed by atoms with Gasteiger partial charge in [0.25, 0.3) is 0 Å². The van der Waals surface area contributed by atoms with Crippen LogP contribution in [0.1, 0.15) is 11.1 Å². The Hall–Kier alpha value is -10.0. The van der Waals surface area contributed by atoms with E-state index in [0.717, 1.165) is 122 Å². The highest BCUT2D eigenvalue weighted by atomic mass is 15.0. The summed E-state index contributed by atoms with van der Waals surface area (Å²) < 4.78 is 4.89. The fourth-order valence-electron chi connectivity index (χ4n) is 10.7. The Bertz CT molecular complexity index is 4020. The van der Waals surface area contributed by atoms with Crippen LogP contribution >= 0.6 is 0 Å². The fourth-order valence-corrected chi connectivity index (χ4v) is 10.7.